The van der Waals surface area contributed by atoms with E-state index in [4.69, 9.17) is 10.5 Å². The number of H-pyrrole nitrogens is 1. The summed E-state index contributed by atoms with van der Waals surface area (Å²) in [6.07, 6.45) is 5.16. The van der Waals surface area contributed by atoms with Crippen LogP contribution in [0.5, 0.6) is 5.88 Å². The van der Waals surface area contributed by atoms with Gasteiger partial charge in [-0.25, -0.2) is 15.0 Å². The average molecular weight is 614 g/mol. The van der Waals surface area contributed by atoms with Crippen LogP contribution in [0.4, 0.5) is 13.2 Å². The number of nitrogens with zero attached hydrogens (tertiary/aromatic N) is 6. The summed E-state index contributed by atoms with van der Waals surface area (Å²) in [7, 11) is 0. The van der Waals surface area contributed by atoms with Crippen LogP contribution in [0.15, 0.2) is 43.1 Å². The van der Waals surface area contributed by atoms with Crippen molar-refractivity contribution in [2.45, 2.75) is 70.1 Å². The molecule has 2 fully saturated rings. The van der Waals surface area contributed by atoms with Crippen molar-refractivity contribution in [3.8, 4) is 17.1 Å². The SMILES string of the molecule is C[C@@H](O)CNCc1cc(OC2CCN(C3CC(CN)(Cn4cc(-c5ncnc6[nH]ccc56)cn4)C3)CC2)nc(C(F)(F)F)c1. The second-order valence-corrected chi connectivity index (χ2v) is 12.2. The highest BCUT2D eigenvalue weighted by Gasteiger charge is 2.46. The molecule has 44 heavy (non-hydrogen) atoms. The maximum atomic E-state index is 13.5. The molecule has 0 bridgehead atoms. The number of aliphatic hydroxyl groups excluding tert-OH is 1. The van der Waals surface area contributed by atoms with Gasteiger partial charge in [0.05, 0.1) is 18.0 Å². The van der Waals surface area contributed by atoms with E-state index >= 15 is 0 Å². The highest BCUT2D eigenvalue weighted by atomic mass is 19.4. The molecule has 5 N–H and O–H groups in total. The molecule has 2 aliphatic rings. The molecule has 14 heteroatoms. The van der Waals surface area contributed by atoms with E-state index in [1.807, 2.05) is 29.3 Å². The first-order valence-electron chi connectivity index (χ1n) is 15.0. The van der Waals surface area contributed by atoms with Crippen LogP contribution < -0.4 is 15.8 Å². The number of nitrogens with one attached hydrogen (secondary N) is 2. The van der Waals surface area contributed by atoms with Gasteiger partial charge in [0.15, 0.2) is 0 Å². The molecule has 4 aromatic rings. The molecular formula is C30H38F3N9O2. The Morgan fingerprint density at radius 3 is 2.75 bits per heavy atom. The van der Waals surface area contributed by atoms with Crippen molar-refractivity contribution >= 4 is 11.0 Å². The van der Waals surface area contributed by atoms with Crippen LogP contribution in [-0.4, -0.2) is 84.2 Å². The summed E-state index contributed by atoms with van der Waals surface area (Å²) >= 11 is 0. The Hall–Kier alpha value is -3.59. The number of ether oxygens (including phenoxy) is 1. The number of piperidine rings is 1. The summed E-state index contributed by atoms with van der Waals surface area (Å²) in [4.78, 5) is 18.0. The maximum absolute atomic E-state index is 13.5. The highest BCUT2D eigenvalue weighted by Crippen LogP contribution is 2.45. The van der Waals surface area contributed by atoms with Crippen LogP contribution in [0.3, 0.4) is 0 Å². The molecular weight excluding hydrogens is 575 g/mol. The largest absolute Gasteiger partial charge is 0.474 e. The maximum Gasteiger partial charge on any atom is 0.433 e. The van der Waals surface area contributed by atoms with Crippen LogP contribution in [0.1, 0.15) is 43.9 Å². The van der Waals surface area contributed by atoms with Crippen molar-refractivity contribution in [2.24, 2.45) is 11.1 Å². The van der Waals surface area contributed by atoms with Gasteiger partial charge in [0, 0.05) is 73.6 Å². The Kier molecular flexibility index (Phi) is 8.59. The van der Waals surface area contributed by atoms with Crippen molar-refractivity contribution < 1.29 is 23.0 Å². The molecule has 0 aromatic carbocycles. The fraction of sp³-hybridized carbons (Fsp3) is 0.533. The Balaban J connectivity index is 1.02. The number of alkyl halides is 3. The van der Waals surface area contributed by atoms with E-state index in [0.29, 0.717) is 31.0 Å². The molecule has 6 rings (SSSR count). The van der Waals surface area contributed by atoms with E-state index in [9.17, 15) is 18.3 Å². The van der Waals surface area contributed by atoms with Crippen molar-refractivity contribution in [1.82, 2.24) is 39.9 Å². The first kappa shape index (κ1) is 30.4. The van der Waals surface area contributed by atoms with E-state index in [2.05, 4.69) is 35.3 Å². The normalized spacial score (nSPS) is 22.3. The summed E-state index contributed by atoms with van der Waals surface area (Å²) in [5.41, 5.74) is 8.23. The number of rotatable bonds is 11. The minimum absolute atomic E-state index is 0.0179. The number of aromatic nitrogens is 6. The lowest BCUT2D eigenvalue weighted by Gasteiger charge is -2.52. The second-order valence-electron chi connectivity index (χ2n) is 12.2. The number of hydrogen-bond donors (Lipinski definition) is 4. The fourth-order valence-corrected chi connectivity index (χ4v) is 6.40. The Morgan fingerprint density at radius 1 is 1.23 bits per heavy atom. The highest BCUT2D eigenvalue weighted by molar-refractivity contribution is 5.89. The van der Waals surface area contributed by atoms with Gasteiger partial charge in [-0.05, 0) is 56.8 Å². The summed E-state index contributed by atoms with van der Waals surface area (Å²) in [6, 6.07) is 4.92. The monoisotopic (exact) mass is 613 g/mol. The number of likely N-dealkylation sites (tertiary alicyclic amines) is 1. The smallest absolute Gasteiger partial charge is 0.433 e. The van der Waals surface area contributed by atoms with Crippen LogP contribution >= 0.6 is 0 Å². The Labute approximate surface area is 253 Å². The van der Waals surface area contributed by atoms with Crippen LogP contribution in [-0.2, 0) is 19.3 Å². The summed E-state index contributed by atoms with van der Waals surface area (Å²) in [5, 5.41) is 18.0. The molecule has 1 atom stereocenters. The fourth-order valence-electron chi connectivity index (χ4n) is 6.40. The number of pyridine rings is 1. The second kappa shape index (κ2) is 12.4. The Bertz CT molecular complexity index is 1560. The van der Waals surface area contributed by atoms with Crippen molar-refractivity contribution in [3.63, 3.8) is 0 Å². The zero-order valence-electron chi connectivity index (χ0n) is 24.6. The van der Waals surface area contributed by atoms with Crippen molar-refractivity contribution in [3.05, 3.63) is 54.4 Å². The third-order valence-electron chi connectivity index (χ3n) is 8.73. The van der Waals surface area contributed by atoms with Gasteiger partial charge in [-0.1, -0.05) is 0 Å². The van der Waals surface area contributed by atoms with E-state index in [0.717, 1.165) is 60.8 Å². The lowest BCUT2D eigenvalue weighted by atomic mass is 9.64. The molecule has 11 nitrogen and oxygen atoms in total. The lowest BCUT2D eigenvalue weighted by molar-refractivity contribution is -0.141. The van der Waals surface area contributed by atoms with Crippen molar-refractivity contribution in [1.29, 1.82) is 0 Å². The number of halogens is 3. The first-order valence-corrected chi connectivity index (χ1v) is 15.0. The quantitative estimate of drug-likeness (QED) is 0.200. The van der Waals surface area contributed by atoms with Crippen LogP contribution in [0.2, 0.25) is 0 Å². The van der Waals surface area contributed by atoms with Gasteiger partial charge in [0.25, 0.3) is 0 Å². The molecule has 0 radical (unpaired) electrons. The summed E-state index contributed by atoms with van der Waals surface area (Å²) < 4.78 is 48.5. The third kappa shape index (κ3) is 6.72. The summed E-state index contributed by atoms with van der Waals surface area (Å²) in [6.45, 7) is 4.93. The van der Waals surface area contributed by atoms with Crippen LogP contribution in [0.25, 0.3) is 22.3 Å². The van der Waals surface area contributed by atoms with Gasteiger partial charge in [-0.15, -0.1) is 0 Å². The zero-order valence-corrected chi connectivity index (χ0v) is 24.6. The van der Waals surface area contributed by atoms with E-state index in [-0.39, 0.29) is 30.5 Å². The molecule has 4 aromatic heterocycles. The molecule has 1 aliphatic heterocycles. The molecule has 0 unspecified atom stereocenters. The number of hydrogen-bond acceptors (Lipinski definition) is 9. The van der Waals surface area contributed by atoms with Gasteiger partial charge in [0.2, 0.25) is 5.88 Å². The van der Waals surface area contributed by atoms with Gasteiger partial charge in [0.1, 0.15) is 23.8 Å². The molecule has 0 amide bonds. The van der Waals surface area contributed by atoms with Gasteiger partial charge < -0.3 is 30.8 Å². The Morgan fingerprint density at radius 2 is 2.02 bits per heavy atom. The first-order chi connectivity index (χ1) is 21.1. The summed E-state index contributed by atoms with van der Waals surface area (Å²) in [5.74, 6) is -0.0179. The average Bonchev–Trinajstić information content (AvgIpc) is 3.64. The third-order valence-corrected chi connectivity index (χ3v) is 8.73. The minimum atomic E-state index is -4.58. The van der Waals surface area contributed by atoms with E-state index < -0.39 is 18.0 Å². The number of fused-ring (bicyclic) bond motifs is 1. The topological polar surface area (TPSA) is 143 Å². The predicted octanol–water partition coefficient (Wildman–Crippen LogP) is 3.36. The van der Waals surface area contributed by atoms with E-state index in [1.54, 1.807) is 19.3 Å². The van der Waals surface area contributed by atoms with Gasteiger partial charge in [-0.2, -0.15) is 18.3 Å². The molecule has 1 saturated carbocycles. The van der Waals surface area contributed by atoms with Gasteiger partial charge in [-0.3, -0.25) is 4.68 Å². The molecule has 1 aliphatic carbocycles. The number of nitrogens with two attached hydrogens (primary N) is 1. The lowest BCUT2D eigenvalue weighted by Crippen LogP contribution is -2.57. The molecule has 236 valence electrons. The van der Waals surface area contributed by atoms with Crippen molar-refractivity contribution in [2.75, 3.05) is 26.2 Å². The zero-order chi connectivity index (χ0) is 30.9. The van der Waals surface area contributed by atoms with Crippen LogP contribution in [0, 0.1) is 5.41 Å². The molecule has 5 heterocycles. The van der Waals surface area contributed by atoms with Gasteiger partial charge >= 0.3 is 6.18 Å². The minimum Gasteiger partial charge on any atom is -0.474 e. The standard InChI is InChI=1S/C30H38F3N9O2/c1-19(43)12-35-13-20-8-25(30(31,32)33)40-26(9-20)44-23-3-6-41(7-4-23)22-10-29(11-22,16-34)17-42-15-21(14-39-42)27-24-2-5-36-28(24)38-18-37-27/h2,5,8-9,14-15,18-19,22-23,35,43H,3-4,6-7,10-13,16-17,34H2,1H3,(H,36,37,38)/t19-,22?,29?/m1/s1. The molecule has 1 saturated heterocycles. The predicted molar refractivity (Wildman–Crippen MR) is 157 cm³/mol. The van der Waals surface area contributed by atoms with E-state index in [1.165, 1.54) is 0 Å². The molecule has 0 spiro atoms. The number of aromatic amines is 1. The number of aliphatic hydroxyl groups is 1.